The highest BCUT2D eigenvalue weighted by Gasteiger charge is 2.28. The van der Waals surface area contributed by atoms with Gasteiger partial charge in [0.1, 0.15) is 12.3 Å². The summed E-state index contributed by atoms with van der Waals surface area (Å²) in [6.45, 7) is 5.95. The number of aromatic nitrogens is 4. The molecule has 9 nitrogen and oxygen atoms in total. The predicted molar refractivity (Wildman–Crippen MR) is 114 cm³/mol. The van der Waals surface area contributed by atoms with Crippen molar-refractivity contribution in [3.05, 3.63) is 30.6 Å². The lowest BCUT2D eigenvalue weighted by Gasteiger charge is -2.39. The minimum absolute atomic E-state index is 0.0377. The second-order valence-electron chi connectivity index (χ2n) is 7.96. The maximum atomic E-state index is 12.2. The lowest BCUT2D eigenvalue weighted by Crippen LogP contribution is -2.50. The number of hydrogen-bond donors (Lipinski definition) is 2. The molecule has 0 spiro atoms. The number of anilines is 1. The first kappa shape index (κ1) is 19.1. The van der Waals surface area contributed by atoms with Gasteiger partial charge in [-0.15, -0.1) is 0 Å². The second-order valence-corrected chi connectivity index (χ2v) is 7.96. The molecule has 0 saturated carbocycles. The Morgan fingerprint density at radius 3 is 2.93 bits per heavy atom. The van der Waals surface area contributed by atoms with Gasteiger partial charge in [-0.3, -0.25) is 14.4 Å². The van der Waals surface area contributed by atoms with Gasteiger partial charge in [-0.2, -0.15) is 10.2 Å². The van der Waals surface area contributed by atoms with Gasteiger partial charge in [0.05, 0.1) is 17.8 Å². The monoisotopic (exact) mass is 409 g/mol. The smallest absolute Gasteiger partial charge is 0.242 e. The van der Waals surface area contributed by atoms with Crippen molar-refractivity contribution in [2.45, 2.75) is 31.8 Å². The lowest BCUT2D eigenvalue weighted by molar-refractivity contribution is -0.119. The number of fused-ring (bicyclic) bond motifs is 1. The fraction of sp³-hybridized carbons (Fsp3) is 0.476. The van der Waals surface area contributed by atoms with Gasteiger partial charge in [0.25, 0.3) is 0 Å². The largest absolute Gasteiger partial charge is 0.488 e. The molecule has 3 aromatic heterocycles. The molecule has 2 saturated heterocycles. The summed E-state index contributed by atoms with van der Waals surface area (Å²) < 4.78 is 9.75. The number of likely N-dealkylation sites (N-methyl/N-ethyl adjacent to an activating group) is 1. The highest BCUT2D eigenvalue weighted by atomic mass is 16.5. The summed E-state index contributed by atoms with van der Waals surface area (Å²) in [6, 6.07) is 6.28. The minimum Gasteiger partial charge on any atom is -0.488 e. The van der Waals surface area contributed by atoms with E-state index in [1.165, 1.54) is 6.42 Å². The van der Waals surface area contributed by atoms with Crippen LogP contribution in [-0.2, 0) is 11.8 Å². The van der Waals surface area contributed by atoms with Crippen molar-refractivity contribution in [3.63, 3.8) is 0 Å². The van der Waals surface area contributed by atoms with E-state index in [2.05, 4.69) is 32.7 Å². The molecular formula is C21H27N7O2. The number of aryl methyl sites for hydroxylation is 1. The Morgan fingerprint density at radius 2 is 2.23 bits per heavy atom. The molecule has 0 radical (unpaired) electrons. The normalized spacial score (nSPS) is 21.3. The van der Waals surface area contributed by atoms with Gasteiger partial charge in [-0.1, -0.05) is 6.92 Å². The van der Waals surface area contributed by atoms with Crippen molar-refractivity contribution in [2.24, 2.45) is 7.05 Å². The Labute approximate surface area is 175 Å². The number of rotatable bonds is 7. The zero-order chi connectivity index (χ0) is 20.7. The molecular weight excluding hydrogens is 382 g/mol. The van der Waals surface area contributed by atoms with Crippen LogP contribution in [0.25, 0.3) is 16.8 Å². The van der Waals surface area contributed by atoms with E-state index in [0.29, 0.717) is 18.5 Å². The van der Waals surface area contributed by atoms with Gasteiger partial charge in [0.2, 0.25) is 5.91 Å². The number of likely N-dealkylation sites (tertiary alicyclic amines) is 1. The van der Waals surface area contributed by atoms with Gasteiger partial charge in [0, 0.05) is 37.5 Å². The highest BCUT2D eigenvalue weighted by molar-refractivity contribution is 5.95. The summed E-state index contributed by atoms with van der Waals surface area (Å²) >= 11 is 0. The summed E-state index contributed by atoms with van der Waals surface area (Å²) in [6.07, 6.45) is 5.71. The van der Waals surface area contributed by atoms with Crippen LogP contribution in [0.5, 0.6) is 5.75 Å². The standard InChI is InChI=1S/C21H27N7O2/c1-3-27-8-6-15(27)13-30-18-12-23-26(2)20(18)14-5-9-28-16(10-14)11-19(25-28)24-21(29)17-4-7-22-17/h5,9-12,15,17,22H,3-4,6-8,13H2,1-2H3,(H,24,25,29)/t15-,17-/m1/s1. The molecule has 30 heavy (non-hydrogen) atoms. The van der Waals surface area contributed by atoms with Gasteiger partial charge in [-0.05, 0) is 38.1 Å². The van der Waals surface area contributed by atoms with Crippen LogP contribution in [0.4, 0.5) is 5.82 Å². The van der Waals surface area contributed by atoms with Crippen LogP contribution in [0.1, 0.15) is 19.8 Å². The van der Waals surface area contributed by atoms with Crippen molar-refractivity contribution in [3.8, 4) is 17.0 Å². The van der Waals surface area contributed by atoms with Gasteiger partial charge in [-0.25, -0.2) is 4.52 Å². The summed E-state index contributed by atoms with van der Waals surface area (Å²) in [5.74, 6) is 1.30. The number of ether oxygens (including phenoxy) is 1. The van der Waals surface area contributed by atoms with E-state index in [1.807, 2.05) is 36.1 Å². The van der Waals surface area contributed by atoms with Crippen LogP contribution in [-0.4, -0.2) is 68.5 Å². The zero-order valence-electron chi connectivity index (χ0n) is 17.3. The third-order valence-electron chi connectivity index (χ3n) is 6.14. The Bertz CT molecular complexity index is 1070. The average Bonchev–Trinajstić information content (AvgIpc) is 3.21. The molecule has 158 valence electrons. The van der Waals surface area contributed by atoms with Crippen LogP contribution in [0.2, 0.25) is 0 Å². The number of amides is 1. The first-order valence-electron chi connectivity index (χ1n) is 10.6. The van der Waals surface area contributed by atoms with E-state index in [0.717, 1.165) is 48.6 Å². The van der Waals surface area contributed by atoms with Crippen molar-refractivity contribution >= 4 is 17.2 Å². The van der Waals surface area contributed by atoms with E-state index in [9.17, 15) is 4.79 Å². The van der Waals surface area contributed by atoms with Crippen molar-refractivity contribution < 1.29 is 9.53 Å². The minimum atomic E-state index is -0.112. The average molecular weight is 409 g/mol. The molecule has 0 bridgehead atoms. The molecule has 9 heteroatoms. The zero-order valence-corrected chi connectivity index (χ0v) is 17.3. The molecule has 1 amide bonds. The molecule has 2 atom stereocenters. The molecule has 2 aliphatic rings. The molecule has 3 aromatic rings. The second kappa shape index (κ2) is 7.73. The fourth-order valence-electron chi connectivity index (χ4n) is 4.07. The molecule has 0 aromatic carbocycles. The van der Waals surface area contributed by atoms with E-state index in [4.69, 9.17) is 4.74 Å². The van der Waals surface area contributed by atoms with Crippen molar-refractivity contribution in [2.75, 3.05) is 31.6 Å². The maximum Gasteiger partial charge on any atom is 0.242 e. The first-order chi connectivity index (χ1) is 14.6. The third kappa shape index (κ3) is 3.44. The molecule has 5 rings (SSSR count). The molecule has 2 fully saturated rings. The lowest BCUT2D eigenvalue weighted by atomic mass is 10.0. The predicted octanol–water partition coefficient (Wildman–Crippen LogP) is 1.51. The Balaban J connectivity index is 1.35. The highest BCUT2D eigenvalue weighted by Crippen LogP contribution is 2.31. The van der Waals surface area contributed by atoms with E-state index < -0.39 is 0 Å². The van der Waals surface area contributed by atoms with Crippen LogP contribution in [0, 0.1) is 0 Å². The number of nitrogens with one attached hydrogen (secondary N) is 2. The number of carbonyl (C=O) groups is 1. The molecule has 2 aliphatic heterocycles. The molecule has 0 aliphatic carbocycles. The van der Waals surface area contributed by atoms with Crippen LogP contribution in [0.15, 0.2) is 30.6 Å². The van der Waals surface area contributed by atoms with Gasteiger partial charge < -0.3 is 15.4 Å². The third-order valence-corrected chi connectivity index (χ3v) is 6.14. The summed E-state index contributed by atoms with van der Waals surface area (Å²) in [5, 5.41) is 14.8. The number of hydrogen-bond acceptors (Lipinski definition) is 6. The Hall–Kier alpha value is -2.91. The summed E-state index contributed by atoms with van der Waals surface area (Å²) in [5.41, 5.74) is 2.83. The van der Waals surface area contributed by atoms with Crippen LogP contribution >= 0.6 is 0 Å². The van der Waals surface area contributed by atoms with Gasteiger partial charge in [0.15, 0.2) is 11.6 Å². The topological polar surface area (TPSA) is 88.7 Å². The number of nitrogens with zero attached hydrogens (tertiary/aromatic N) is 5. The van der Waals surface area contributed by atoms with Crippen molar-refractivity contribution in [1.29, 1.82) is 0 Å². The van der Waals surface area contributed by atoms with E-state index in [-0.39, 0.29) is 11.9 Å². The van der Waals surface area contributed by atoms with Crippen LogP contribution < -0.4 is 15.4 Å². The van der Waals surface area contributed by atoms with Crippen molar-refractivity contribution in [1.82, 2.24) is 29.6 Å². The van der Waals surface area contributed by atoms with Crippen LogP contribution in [0.3, 0.4) is 0 Å². The van der Waals surface area contributed by atoms with E-state index >= 15 is 0 Å². The maximum absolute atomic E-state index is 12.2. The quantitative estimate of drug-likeness (QED) is 0.615. The summed E-state index contributed by atoms with van der Waals surface area (Å²) in [7, 11) is 1.92. The molecule has 0 unspecified atom stereocenters. The molecule has 5 heterocycles. The number of carbonyl (C=O) groups excluding carboxylic acids is 1. The fourth-order valence-corrected chi connectivity index (χ4v) is 4.07. The SMILES string of the molecule is CCN1CC[C@@H]1COc1cnn(C)c1-c1ccn2nc(NC(=O)[C@H]3CCN3)cc2c1. The molecule has 2 N–H and O–H groups in total. The Kier molecular flexibility index (Phi) is 4.92. The first-order valence-corrected chi connectivity index (χ1v) is 10.6. The number of pyridine rings is 1. The Morgan fingerprint density at radius 1 is 1.37 bits per heavy atom. The van der Waals surface area contributed by atoms with E-state index in [1.54, 1.807) is 10.7 Å². The van der Waals surface area contributed by atoms with Gasteiger partial charge >= 0.3 is 0 Å². The summed E-state index contributed by atoms with van der Waals surface area (Å²) in [4.78, 5) is 14.6.